The standard InChI is InChI=1S/C10H17BrN2/c1-3-10(4-2,8-11)9-13-7-5-6-12-13/h5-7H,3-4,8-9H2,1-2H3. The Morgan fingerprint density at radius 1 is 1.38 bits per heavy atom. The second-order valence-electron chi connectivity index (χ2n) is 3.54. The highest BCUT2D eigenvalue weighted by Crippen LogP contribution is 2.30. The molecular formula is C10H17BrN2. The topological polar surface area (TPSA) is 17.8 Å². The predicted octanol–water partition coefficient (Wildman–Crippen LogP) is 3.08. The number of nitrogens with zero attached hydrogens (tertiary/aromatic N) is 2. The average molecular weight is 245 g/mol. The highest BCUT2D eigenvalue weighted by atomic mass is 79.9. The van der Waals surface area contributed by atoms with Gasteiger partial charge in [0.15, 0.2) is 0 Å². The van der Waals surface area contributed by atoms with E-state index in [1.807, 2.05) is 23.1 Å². The van der Waals surface area contributed by atoms with Crippen molar-refractivity contribution >= 4 is 15.9 Å². The lowest BCUT2D eigenvalue weighted by Gasteiger charge is -2.29. The second-order valence-corrected chi connectivity index (χ2v) is 4.11. The molecule has 0 spiro atoms. The van der Waals surface area contributed by atoms with E-state index in [1.54, 1.807) is 0 Å². The van der Waals surface area contributed by atoms with Gasteiger partial charge in [-0.05, 0) is 24.3 Å². The molecule has 1 aromatic heterocycles. The highest BCUT2D eigenvalue weighted by Gasteiger charge is 2.25. The summed E-state index contributed by atoms with van der Waals surface area (Å²) in [5.41, 5.74) is 0.367. The van der Waals surface area contributed by atoms with Crippen LogP contribution >= 0.6 is 15.9 Å². The lowest BCUT2D eigenvalue weighted by molar-refractivity contribution is 0.248. The highest BCUT2D eigenvalue weighted by molar-refractivity contribution is 9.09. The minimum atomic E-state index is 0.367. The van der Waals surface area contributed by atoms with E-state index in [9.17, 15) is 0 Å². The SMILES string of the molecule is CCC(CC)(CBr)Cn1cccn1. The summed E-state index contributed by atoms with van der Waals surface area (Å²) in [6.45, 7) is 5.50. The molecule has 74 valence electrons. The molecule has 1 rings (SSSR count). The van der Waals surface area contributed by atoms with Crippen LogP contribution in [0.25, 0.3) is 0 Å². The van der Waals surface area contributed by atoms with Gasteiger partial charge in [-0.25, -0.2) is 0 Å². The van der Waals surface area contributed by atoms with Crippen LogP contribution in [0.4, 0.5) is 0 Å². The van der Waals surface area contributed by atoms with Crippen molar-refractivity contribution < 1.29 is 0 Å². The van der Waals surface area contributed by atoms with E-state index in [1.165, 1.54) is 12.8 Å². The molecule has 0 saturated heterocycles. The van der Waals surface area contributed by atoms with Crippen LogP contribution in [-0.2, 0) is 6.54 Å². The van der Waals surface area contributed by atoms with Crippen LogP contribution < -0.4 is 0 Å². The predicted molar refractivity (Wildman–Crippen MR) is 59.0 cm³/mol. The van der Waals surface area contributed by atoms with E-state index in [0.29, 0.717) is 5.41 Å². The van der Waals surface area contributed by atoms with Crippen molar-refractivity contribution in [1.82, 2.24) is 9.78 Å². The second kappa shape index (κ2) is 4.80. The van der Waals surface area contributed by atoms with Crippen LogP contribution in [0.15, 0.2) is 18.5 Å². The summed E-state index contributed by atoms with van der Waals surface area (Å²) in [6.07, 6.45) is 6.25. The van der Waals surface area contributed by atoms with Crippen molar-refractivity contribution in [3.05, 3.63) is 18.5 Å². The number of alkyl halides is 1. The van der Waals surface area contributed by atoms with Crippen LogP contribution in [0.5, 0.6) is 0 Å². The molecule has 1 heterocycles. The molecule has 13 heavy (non-hydrogen) atoms. The van der Waals surface area contributed by atoms with E-state index in [2.05, 4.69) is 34.9 Å². The summed E-state index contributed by atoms with van der Waals surface area (Å²) in [4.78, 5) is 0. The molecule has 0 saturated carbocycles. The van der Waals surface area contributed by atoms with Crippen molar-refractivity contribution in [2.24, 2.45) is 5.41 Å². The number of rotatable bonds is 5. The monoisotopic (exact) mass is 244 g/mol. The third-order valence-electron chi connectivity index (χ3n) is 2.84. The van der Waals surface area contributed by atoms with Gasteiger partial charge in [0.1, 0.15) is 0 Å². The van der Waals surface area contributed by atoms with Gasteiger partial charge in [0.25, 0.3) is 0 Å². The fourth-order valence-electron chi connectivity index (χ4n) is 1.44. The fraction of sp³-hybridized carbons (Fsp3) is 0.700. The Balaban J connectivity index is 2.67. The molecule has 0 aliphatic rings. The minimum absolute atomic E-state index is 0.367. The zero-order valence-corrected chi connectivity index (χ0v) is 9.92. The normalized spacial score (nSPS) is 11.9. The number of aromatic nitrogens is 2. The summed E-state index contributed by atoms with van der Waals surface area (Å²) < 4.78 is 2.02. The third kappa shape index (κ3) is 2.56. The van der Waals surface area contributed by atoms with Crippen molar-refractivity contribution in [2.45, 2.75) is 33.2 Å². The summed E-state index contributed by atoms with van der Waals surface area (Å²) in [5.74, 6) is 0. The Morgan fingerprint density at radius 2 is 2.08 bits per heavy atom. The van der Waals surface area contributed by atoms with Crippen molar-refractivity contribution in [2.75, 3.05) is 5.33 Å². The van der Waals surface area contributed by atoms with E-state index >= 15 is 0 Å². The minimum Gasteiger partial charge on any atom is -0.272 e. The summed E-state index contributed by atoms with van der Waals surface area (Å²) in [5, 5.41) is 5.29. The summed E-state index contributed by atoms with van der Waals surface area (Å²) in [7, 11) is 0. The van der Waals surface area contributed by atoms with E-state index in [4.69, 9.17) is 0 Å². The molecule has 3 heteroatoms. The maximum absolute atomic E-state index is 4.24. The van der Waals surface area contributed by atoms with Gasteiger partial charge in [-0.1, -0.05) is 29.8 Å². The summed E-state index contributed by atoms with van der Waals surface area (Å²) in [6, 6.07) is 1.98. The maximum Gasteiger partial charge on any atom is 0.0489 e. The maximum atomic E-state index is 4.24. The Labute approximate surface area is 88.5 Å². The zero-order valence-electron chi connectivity index (χ0n) is 8.33. The molecule has 0 aromatic carbocycles. The van der Waals surface area contributed by atoms with E-state index < -0.39 is 0 Å². The lowest BCUT2D eigenvalue weighted by atomic mass is 9.85. The molecule has 0 fully saturated rings. The van der Waals surface area contributed by atoms with E-state index in [0.717, 1.165) is 11.9 Å². The number of hydrogen-bond acceptors (Lipinski definition) is 1. The van der Waals surface area contributed by atoms with Crippen LogP contribution in [0.2, 0.25) is 0 Å². The van der Waals surface area contributed by atoms with Gasteiger partial charge in [-0.2, -0.15) is 5.10 Å². The molecule has 0 unspecified atom stereocenters. The third-order valence-corrected chi connectivity index (χ3v) is 4.03. The van der Waals surface area contributed by atoms with Gasteiger partial charge in [-0.3, -0.25) is 4.68 Å². The van der Waals surface area contributed by atoms with Gasteiger partial charge in [0.05, 0.1) is 0 Å². The van der Waals surface area contributed by atoms with E-state index in [-0.39, 0.29) is 0 Å². The Bertz CT molecular complexity index is 219. The molecule has 0 radical (unpaired) electrons. The number of halogens is 1. The fourth-order valence-corrected chi connectivity index (χ4v) is 2.41. The van der Waals surface area contributed by atoms with Gasteiger partial charge in [0.2, 0.25) is 0 Å². The first-order valence-corrected chi connectivity index (χ1v) is 5.92. The largest absolute Gasteiger partial charge is 0.272 e. The van der Waals surface area contributed by atoms with Gasteiger partial charge >= 0.3 is 0 Å². The Morgan fingerprint density at radius 3 is 2.46 bits per heavy atom. The zero-order chi connectivity index (χ0) is 9.73. The quantitative estimate of drug-likeness (QED) is 0.729. The lowest BCUT2D eigenvalue weighted by Crippen LogP contribution is -2.27. The molecule has 0 bridgehead atoms. The van der Waals surface area contributed by atoms with Crippen molar-refractivity contribution in [3.8, 4) is 0 Å². The van der Waals surface area contributed by atoms with Crippen LogP contribution in [0.3, 0.4) is 0 Å². The molecule has 0 aliphatic carbocycles. The van der Waals surface area contributed by atoms with Crippen molar-refractivity contribution in [1.29, 1.82) is 0 Å². The van der Waals surface area contributed by atoms with Crippen LogP contribution in [-0.4, -0.2) is 15.1 Å². The van der Waals surface area contributed by atoms with Crippen molar-refractivity contribution in [3.63, 3.8) is 0 Å². The van der Waals surface area contributed by atoms with Gasteiger partial charge in [-0.15, -0.1) is 0 Å². The first-order valence-electron chi connectivity index (χ1n) is 4.79. The molecule has 0 N–H and O–H groups in total. The smallest absolute Gasteiger partial charge is 0.0489 e. The first kappa shape index (κ1) is 10.8. The van der Waals surface area contributed by atoms with Gasteiger partial charge < -0.3 is 0 Å². The van der Waals surface area contributed by atoms with Crippen LogP contribution in [0, 0.1) is 5.41 Å². The molecule has 0 aliphatic heterocycles. The first-order chi connectivity index (χ1) is 6.26. The van der Waals surface area contributed by atoms with Crippen LogP contribution in [0.1, 0.15) is 26.7 Å². The molecule has 1 aromatic rings. The summed E-state index contributed by atoms with van der Waals surface area (Å²) >= 11 is 3.60. The molecular weight excluding hydrogens is 228 g/mol. The molecule has 0 atom stereocenters. The van der Waals surface area contributed by atoms with Gasteiger partial charge in [0, 0.05) is 24.3 Å². The Kier molecular flexibility index (Phi) is 3.97. The molecule has 2 nitrogen and oxygen atoms in total. The molecule has 0 amide bonds. The Hall–Kier alpha value is -0.310. The average Bonchev–Trinajstić information content (AvgIpc) is 2.67. The number of hydrogen-bond donors (Lipinski definition) is 0.